The Bertz CT molecular complexity index is 3530. The van der Waals surface area contributed by atoms with E-state index in [0.29, 0.717) is 0 Å². The summed E-state index contributed by atoms with van der Waals surface area (Å²) in [6.45, 7) is 6.03. The maximum absolute atomic E-state index is 3.98. The van der Waals surface area contributed by atoms with E-state index in [0.717, 1.165) is 22.5 Å². The average molecular weight is 753 g/mol. The number of aromatic nitrogens is 2. The highest BCUT2D eigenvalue weighted by Gasteiger charge is 2.19. The second-order valence-corrected chi connectivity index (χ2v) is 15.3. The van der Waals surface area contributed by atoms with Gasteiger partial charge in [-0.05, 0) is 105 Å². The van der Waals surface area contributed by atoms with Gasteiger partial charge in [-0.15, -0.1) is 0 Å². The first-order valence-corrected chi connectivity index (χ1v) is 20.3. The number of rotatable bonds is 7. The second-order valence-electron chi connectivity index (χ2n) is 15.3. The number of hydrogen-bond donors (Lipinski definition) is 0. The van der Waals surface area contributed by atoms with Crippen molar-refractivity contribution < 1.29 is 0 Å². The minimum absolute atomic E-state index is 1.12. The van der Waals surface area contributed by atoms with Crippen molar-refractivity contribution in [2.24, 2.45) is 0 Å². The van der Waals surface area contributed by atoms with Crippen LogP contribution in [0.15, 0.2) is 219 Å². The zero-order valence-electron chi connectivity index (χ0n) is 32.8. The number of benzene rings is 9. The molecule has 0 bridgehead atoms. The third-order valence-electron chi connectivity index (χ3n) is 12.0. The smallest absolute Gasteiger partial charge is 0.0547 e. The Kier molecular flexibility index (Phi) is 8.23. The van der Waals surface area contributed by atoms with Crippen LogP contribution in [0, 0.1) is 0 Å². The van der Waals surface area contributed by atoms with Crippen molar-refractivity contribution >= 4 is 70.7 Å². The van der Waals surface area contributed by atoms with Crippen molar-refractivity contribution in [1.82, 2.24) is 9.13 Å². The van der Waals surface area contributed by atoms with Crippen molar-refractivity contribution in [1.29, 1.82) is 0 Å². The number of fused-ring (bicyclic) bond motifs is 9. The second kappa shape index (κ2) is 14.1. The molecule has 0 N–H and O–H groups in total. The minimum atomic E-state index is 1.12. The summed E-state index contributed by atoms with van der Waals surface area (Å²) >= 11 is 0. The van der Waals surface area contributed by atoms with Gasteiger partial charge in [-0.1, -0.05) is 170 Å². The summed E-state index contributed by atoms with van der Waals surface area (Å²) in [4.78, 5) is 0. The normalized spacial score (nSPS) is 12.3. The predicted octanol–water partition coefficient (Wildman–Crippen LogP) is 15.7. The monoisotopic (exact) mass is 752 g/mol. The molecular formula is C57H40N2. The van der Waals surface area contributed by atoms with Gasteiger partial charge in [0, 0.05) is 32.8 Å². The lowest BCUT2D eigenvalue weighted by molar-refractivity contribution is 1.18. The number of hydrogen-bond acceptors (Lipinski definition) is 0. The van der Waals surface area contributed by atoms with Gasteiger partial charge in [-0.25, -0.2) is 0 Å². The molecule has 2 aromatic heterocycles. The molecule has 0 amide bonds. The van der Waals surface area contributed by atoms with Gasteiger partial charge in [0.15, 0.2) is 0 Å². The summed E-state index contributed by atoms with van der Waals surface area (Å²) in [6, 6.07) is 69.2. The van der Waals surface area contributed by atoms with E-state index in [1.54, 1.807) is 0 Å². The van der Waals surface area contributed by atoms with E-state index in [9.17, 15) is 0 Å². The Morgan fingerprint density at radius 3 is 1.73 bits per heavy atom. The molecule has 0 aliphatic rings. The third kappa shape index (κ3) is 5.56. The average Bonchev–Trinajstić information content (AvgIpc) is 3.81. The van der Waals surface area contributed by atoms with E-state index < -0.39 is 0 Å². The zero-order chi connectivity index (χ0) is 39.5. The van der Waals surface area contributed by atoms with Crippen LogP contribution in [-0.4, -0.2) is 9.13 Å². The fraction of sp³-hybridized carbons (Fsp3) is 0.0175. The summed E-state index contributed by atoms with van der Waals surface area (Å²) in [5.74, 6) is 0. The maximum Gasteiger partial charge on any atom is 0.0547 e. The highest BCUT2D eigenvalue weighted by Crippen LogP contribution is 2.42. The van der Waals surface area contributed by atoms with E-state index in [4.69, 9.17) is 0 Å². The van der Waals surface area contributed by atoms with E-state index in [2.05, 4.69) is 229 Å². The van der Waals surface area contributed by atoms with E-state index in [1.807, 2.05) is 6.08 Å². The molecule has 59 heavy (non-hydrogen) atoms. The Labute approximate surface area is 343 Å². The number of allylic oxidation sites excluding steroid dienone is 5. The topological polar surface area (TPSA) is 9.86 Å². The summed E-state index contributed by atoms with van der Waals surface area (Å²) in [6.07, 6.45) is 8.15. The molecule has 2 heteroatoms. The summed E-state index contributed by atoms with van der Waals surface area (Å²) in [5, 5.41) is 9.99. The molecule has 278 valence electrons. The molecule has 0 spiro atoms. The van der Waals surface area contributed by atoms with Gasteiger partial charge < -0.3 is 9.13 Å². The van der Waals surface area contributed by atoms with Gasteiger partial charge in [0.05, 0.1) is 27.8 Å². The molecule has 0 unspecified atom stereocenters. The first-order chi connectivity index (χ1) is 29.2. The summed E-state index contributed by atoms with van der Waals surface area (Å²) < 4.78 is 4.89. The van der Waals surface area contributed by atoms with E-state index in [-0.39, 0.29) is 0 Å². The summed E-state index contributed by atoms with van der Waals surface area (Å²) in [5.41, 5.74) is 14.1. The Morgan fingerprint density at radius 1 is 0.441 bits per heavy atom. The Balaban J connectivity index is 1.13. The van der Waals surface area contributed by atoms with Crippen LogP contribution in [0.3, 0.4) is 0 Å². The lowest BCUT2D eigenvalue weighted by atomic mass is 9.92. The molecule has 2 heterocycles. The highest BCUT2D eigenvalue weighted by molar-refractivity contribution is 6.16. The molecule has 0 fully saturated rings. The SMILES string of the molecule is C=C/C=C(\C=C/C)c1cccc(-n2c3ccccc3c3ccc(-c4ccc5c6ccccc6n(-c6ccccc6-c6cc7ccccc7c7ccccc67)c5c4)cc32)c1. The molecule has 9 aromatic carbocycles. The van der Waals surface area contributed by atoms with E-state index in [1.165, 1.54) is 87.4 Å². The molecule has 0 saturated carbocycles. The highest BCUT2D eigenvalue weighted by atomic mass is 15.0. The van der Waals surface area contributed by atoms with Crippen molar-refractivity contribution in [3.05, 3.63) is 225 Å². The van der Waals surface area contributed by atoms with Gasteiger partial charge in [-0.3, -0.25) is 0 Å². The molecule has 0 radical (unpaired) electrons. The zero-order valence-corrected chi connectivity index (χ0v) is 32.8. The van der Waals surface area contributed by atoms with Crippen molar-refractivity contribution in [3.8, 4) is 33.6 Å². The van der Waals surface area contributed by atoms with E-state index >= 15 is 0 Å². The quantitative estimate of drug-likeness (QED) is 0.113. The standard InChI is InChI=1S/C57H40N2/c1-3-16-38(17-4-2)39-19-15-20-43(34-39)58-53-27-12-9-24-47(53)50-32-30-40(36-56(50)58)41-31-33-51-48-25-10-13-28-54(48)59(57(51)37-41)55-29-14-11-26-49(55)52-35-42-18-5-6-21-44(42)45-22-7-8-23-46(45)52/h3-37H,1H2,2H3/b17-4-,38-16+. The van der Waals surface area contributed by atoms with Crippen molar-refractivity contribution in [2.45, 2.75) is 6.92 Å². The molecule has 0 atom stereocenters. The van der Waals surface area contributed by atoms with Crippen LogP contribution in [0.1, 0.15) is 12.5 Å². The summed E-state index contributed by atoms with van der Waals surface area (Å²) in [7, 11) is 0. The molecule has 2 nitrogen and oxygen atoms in total. The van der Waals surface area contributed by atoms with Gasteiger partial charge in [0.1, 0.15) is 0 Å². The molecule has 11 aromatic rings. The van der Waals surface area contributed by atoms with Crippen LogP contribution in [0.4, 0.5) is 0 Å². The first-order valence-electron chi connectivity index (χ1n) is 20.3. The van der Waals surface area contributed by atoms with Crippen LogP contribution in [0.5, 0.6) is 0 Å². The lowest BCUT2D eigenvalue weighted by Crippen LogP contribution is -1.98. The van der Waals surface area contributed by atoms with Gasteiger partial charge in [0.25, 0.3) is 0 Å². The Hall–Kier alpha value is -7.68. The largest absolute Gasteiger partial charge is 0.309 e. The molecule has 0 aliphatic heterocycles. The fourth-order valence-electron chi connectivity index (χ4n) is 9.39. The van der Waals surface area contributed by atoms with Gasteiger partial charge >= 0.3 is 0 Å². The number of para-hydroxylation sites is 3. The van der Waals surface area contributed by atoms with Crippen molar-refractivity contribution in [2.75, 3.05) is 0 Å². The third-order valence-corrected chi connectivity index (χ3v) is 12.0. The Morgan fingerprint density at radius 2 is 1.02 bits per heavy atom. The van der Waals surface area contributed by atoms with Crippen LogP contribution in [0.2, 0.25) is 0 Å². The molecule has 0 aliphatic carbocycles. The molecular weight excluding hydrogens is 713 g/mol. The lowest BCUT2D eigenvalue weighted by Gasteiger charge is -2.17. The van der Waals surface area contributed by atoms with Crippen LogP contribution >= 0.6 is 0 Å². The predicted molar refractivity (Wildman–Crippen MR) is 254 cm³/mol. The number of nitrogens with zero attached hydrogens (tertiary/aromatic N) is 2. The van der Waals surface area contributed by atoms with Crippen LogP contribution < -0.4 is 0 Å². The molecule has 11 rings (SSSR count). The van der Waals surface area contributed by atoms with Gasteiger partial charge in [-0.2, -0.15) is 0 Å². The van der Waals surface area contributed by atoms with Crippen LogP contribution in [0.25, 0.3) is 104 Å². The molecule has 0 saturated heterocycles. The fourth-order valence-corrected chi connectivity index (χ4v) is 9.39. The maximum atomic E-state index is 3.98. The van der Waals surface area contributed by atoms with Crippen LogP contribution in [-0.2, 0) is 0 Å². The van der Waals surface area contributed by atoms with Crippen molar-refractivity contribution in [3.63, 3.8) is 0 Å². The minimum Gasteiger partial charge on any atom is -0.309 e. The first kappa shape index (κ1) is 34.6. The van der Waals surface area contributed by atoms with Gasteiger partial charge in [0.2, 0.25) is 0 Å².